The lowest BCUT2D eigenvalue weighted by Crippen LogP contribution is -2.24. The number of hydrogen-bond donors (Lipinski definition) is 1. The summed E-state index contributed by atoms with van der Waals surface area (Å²) in [5.74, 6) is 0.705. The van der Waals surface area contributed by atoms with Crippen molar-refractivity contribution < 1.29 is 9.94 Å². The second-order valence-electron chi connectivity index (χ2n) is 3.58. The Hall–Kier alpha value is -1.91. The summed E-state index contributed by atoms with van der Waals surface area (Å²) in [6.45, 7) is 2.62. The maximum atomic E-state index is 8.47. The first kappa shape index (κ1) is 10.6. The average Bonchev–Trinajstić information content (AvgIpc) is 2.70. The highest BCUT2D eigenvalue weighted by Crippen LogP contribution is 2.16. The molecule has 0 radical (unpaired) electrons. The fraction of sp³-hybridized carbons (Fsp3) is 0.364. The molecule has 1 aromatic rings. The molecule has 0 saturated heterocycles. The predicted molar refractivity (Wildman–Crippen MR) is 60.6 cm³/mol. The molecule has 0 bridgehead atoms. The molecule has 2 rings (SSSR count). The quantitative estimate of drug-likeness (QED) is 0.475. The summed E-state index contributed by atoms with van der Waals surface area (Å²) in [5, 5.41) is 11.4. The second-order valence-corrected chi connectivity index (χ2v) is 3.58. The van der Waals surface area contributed by atoms with Crippen molar-refractivity contribution in [3.63, 3.8) is 0 Å². The van der Waals surface area contributed by atoms with Gasteiger partial charge in [-0.3, -0.25) is 9.98 Å². The van der Waals surface area contributed by atoms with Crippen LogP contribution in [0.2, 0.25) is 0 Å². The molecule has 1 aliphatic rings. The van der Waals surface area contributed by atoms with Crippen LogP contribution in [0.3, 0.4) is 0 Å². The summed E-state index contributed by atoms with van der Waals surface area (Å²) < 4.78 is 5.70. The summed E-state index contributed by atoms with van der Waals surface area (Å²) in [6.07, 6.45) is 3.66. The molecule has 1 N–H and O–H groups in total. The smallest absolute Gasteiger partial charge is 0.144 e. The zero-order chi connectivity index (χ0) is 11.4. The van der Waals surface area contributed by atoms with Crippen LogP contribution in [-0.2, 0) is 0 Å². The first-order valence-corrected chi connectivity index (χ1v) is 5.10. The molecule has 0 spiro atoms. The Balaban J connectivity index is 2.05. The molecule has 0 aromatic carbocycles. The van der Waals surface area contributed by atoms with Crippen molar-refractivity contribution in [3.05, 3.63) is 24.0 Å². The number of ether oxygens (including phenoxy) is 1. The molecular weight excluding hydrogens is 206 g/mol. The number of hydrogen-bond acceptors (Lipinski definition) is 5. The first-order valence-electron chi connectivity index (χ1n) is 5.10. The molecule has 5 nitrogen and oxygen atoms in total. The Bertz CT molecular complexity index is 412. The highest BCUT2D eigenvalue weighted by molar-refractivity contribution is 6.33. The van der Waals surface area contributed by atoms with Crippen molar-refractivity contribution in [2.75, 3.05) is 6.54 Å². The number of rotatable bonds is 3. The normalized spacial score (nSPS) is 20.1. The van der Waals surface area contributed by atoms with E-state index in [1.54, 1.807) is 6.20 Å². The minimum Gasteiger partial charge on any atom is -0.482 e. The van der Waals surface area contributed by atoms with Crippen LogP contribution in [0, 0.1) is 6.92 Å². The van der Waals surface area contributed by atoms with Gasteiger partial charge < -0.3 is 9.94 Å². The van der Waals surface area contributed by atoms with Crippen LogP contribution in [0.15, 0.2) is 28.5 Å². The molecule has 0 aliphatic carbocycles. The molecule has 1 atom stereocenters. The van der Waals surface area contributed by atoms with Gasteiger partial charge in [-0.1, -0.05) is 5.16 Å². The first-order chi connectivity index (χ1) is 7.79. The summed E-state index contributed by atoms with van der Waals surface area (Å²) in [6, 6.07) is 3.76. The topological polar surface area (TPSA) is 67.1 Å². The van der Waals surface area contributed by atoms with Gasteiger partial charge in [0.05, 0.1) is 18.1 Å². The van der Waals surface area contributed by atoms with Crippen molar-refractivity contribution in [1.82, 2.24) is 4.98 Å². The van der Waals surface area contributed by atoms with Gasteiger partial charge in [0.1, 0.15) is 11.9 Å². The van der Waals surface area contributed by atoms with Gasteiger partial charge >= 0.3 is 0 Å². The highest BCUT2D eigenvalue weighted by atomic mass is 16.5. The van der Waals surface area contributed by atoms with Gasteiger partial charge in [0.15, 0.2) is 0 Å². The lowest BCUT2D eigenvalue weighted by molar-refractivity contribution is 0.268. The van der Waals surface area contributed by atoms with Crippen LogP contribution in [0.5, 0.6) is 5.75 Å². The van der Waals surface area contributed by atoms with Crippen molar-refractivity contribution in [2.45, 2.75) is 19.4 Å². The standard InChI is InChI=1S/C11H13N3O2/c1-8-2-3-9(6-13-8)16-11-4-5-12-10(11)7-14-15/h2-3,6-7,11,15H,4-5H2,1H3. The number of pyridine rings is 1. The van der Waals surface area contributed by atoms with Crippen LogP contribution in [0.4, 0.5) is 0 Å². The van der Waals surface area contributed by atoms with Crippen molar-refractivity contribution in [1.29, 1.82) is 0 Å². The minimum absolute atomic E-state index is 0.139. The molecule has 1 unspecified atom stereocenters. The third-order valence-corrected chi connectivity index (χ3v) is 2.37. The van der Waals surface area contributed by atoms with Gasteiger partial charge in [-0.15, -0.1) is 0 Å². The monoisotopic (exact) mass is 219 g/mol. The van der Waals surface area contributed by atoms with E-state index in [1.165, 1.54) is 6.21 Å². The van der Waals surface area contributed by atoms with Crippen LogP contribution in [0.1, 0.15) is 12.1 Å². The Labute approximate surface area is 93.5 Å². The molecule has 0 saturated carbocycles. The Morgan fingerprint density at radius 2 is 2.44 bits per heavy atom. The van der Waals surface area contributed by atoms with E-state index in [9.17, 15) is 0 Å². The third-order valence-electron chi connectivity index (χ3n) is 2.37. The molecule has 2 heterocycles. The van der Waals surface area contributed by atoms with E-state index in [2.05, 4.69) is 15.1 Å². The van der Waals surface area contributed by atoms with Crippen molar-refractivity contribution in [3.8, 4) is 5.75 Å². The Morgan fingerprint density at radius 1 is 1.56 bits per heavy atom. The average molecular weight is 219 g/mol. The van der Waals surface area contributed by atoms with Gasteiger partial charge in [-0.2, -0.15) is 0 Å². The van der Waals surface area contributed by atoms with E-state index < -0.39 is 0 Å². The maximum Gasteiger partial charge on any atom is 0.144 e. The molecule has 0 fully saturated rings. The van der Waals surface area contributed by atoms with Crippen molar-refractivity contribution >= 4 is 11.9 Å². The number of nitrogens with zero attached hydrogens (tertiary/aromatic N) is 3. The van der Waals surface area contributed by atoms with Gasteiger partial charge in [-0.05, 0) is 19.1 Å². The van der Waals surface area contributed by atoms with E-state index in [-0.39, 0.29) is 6.10 Å². The number of aromatic nitrogens is 1. The minimum atomic E-state index is -0.139. The van der Waals surface area contributed by atoms with Gasteiger partial charge in [0, 0.05) is 18.7 Å². The van der Waals surface area contributed by atoms with E-state index in [0.717, 1.165) is 12.1 Å². The van der Waals surface area contributed by atoms with Crippen molar-refractivity contribution in [2.24, 2.45) is 10.1 Å². The second kappa shape index (κ2) is 4.74. The number of aryl methyl sites for hydroxylation is 1. The Morgan fingerprint density at radius 3 is 3.12 bits per heavy atom. The van der Waals surface area contributed by atoms with Gasteiger partial charge in [0.2, 0.25) is 0 Å². The summed E-state index contributed by atoms with van der Waals surface area (Å²) in [4.78, 5) is 8.33. The van der Waals surface area contributed by atoms with E-state index >= 15 is 0 Å². The SMILES string of the molecule is Cc1ccc(OC2CCN=C2C=NO)cn1. The summed E-state index contributed by atoms with van der Waals surface area (Å²) in [5.41, 5.74) is 1.62. The van der Waals surface area contributed by atoms with Crippen LogP contribution >= 0.6 is 0 Å². The molecule has 1 aromatic heterocycles. The van der Waals surface area contributed by atoms with E-state index in [4.69, 9.17) is 9.94 Å². The lowest BCUT2D eigenvalue weighted by Gasteiger charge is -2.13. The van der Waals surface area contributed by atoms with E-state index in [1.807, 2.05) is 19.1 Å². The zero-order valence-corrected chi connectivity index (χ0v) is 9.00. The highest BCUT2D eigenvalue weighted by Gasteiger charge is 2.21. The molecule has 84 valence electrons. The molecule has 5 heteroatoms. The fourth-order valence-corrected chi connectivity index (χ4v) is 1.55. The fourth-order valence-electron chi connectivity index (χ4n) is 1.55. The number of oxime groups is 1. The molecule has 1 aliphatic heterocycles. The van der Waals surface area contributed by atoms with Gasteiger partial charge in [0.25, 0.3) is 0 Å². The van der Waals surface area contributed by atoms with Crippen LogP contribution in [-0.4, -0.2) is 34.8 Å². The molecule has 16 heavy (non-hydrogen) atoms. The summed E-state index contributed by atoms with van der Waals surface area (Å²) in [7, 11) is 0. The van der Waals surface area contributed by atoms with Crippen LogP contribution in [0.25, 0.3) is 0 Å². The maximum absolute atomic E-state index is 8.47. The lowest BCUT2D eigenvalue weighted by atomic mass is 10.2. The van der Waals surface area contributed by atoms with Crippen LogP contribution < -0.4 is 4.74 Å². The Kier molecular flexibility index (Phi) is 3.14. The molecular formula is C11H13N3O2. The van der Waals surface area contributed by atoms with Gasteiger partial charge in [-0.25, -0.2) is 0 Å². The molecule has 0 amide bonds. The summed E-state index contributed by atoms with van der Waals surface area (Å²) >= 11 is 0. The predicted octanol–water partition coefficient (Wildman–Crippen LogP) is 1.44. The zero-order valence-electron chi connectivity index (χ0n) is 9.00. The largest absolute Gasteiger partial charge is 0.482 e. The third kappa shape index (κ3) is 2.36. The number of aliphatic imine (C=N–C) groups is 1. The van der Waals surface area contributed by atoms with E-state index in [0.29, 0.717) is 18.0 Å².